The van der Waals surface area contributed by atoms with Crippen LogP contribution in [0.15, 0.2) is 18.2 Å². The molecule has 0 bridgehead atoms. The third kappa shape index (κ3) is 3.37. The van der Waals surface area contributed by atoms with Gasteiger partial charge in [-0.3, -0.25) is 9.69 Å². The second kappa shape index (κ2) is 5.91. The number of carboxylic acid groups (broad SMARTS) is 1. The van der Waals surface area contributed by atoms with E-state index in [-0.39, 0.29) is 6.54 Å². The molecule has 1 fully saturated rings. The van der Waals surface area contributed by atoms with Crippen molar-refractivity contribution in [3.8, 4) is 6.07 Å². The van der Waals surface area contributed by atoms with Gasteiger partial charge in [0.25, 0.3) is 0 Å². The van der Waals surface area contributed by atoms with Crippen molar-refractivity contribution < 1.29 is 9.90 Å². The van der Waals surface area contributed by atoms with Crippen LogP contribution in [-0.2, 0) is 4.79 Å². The summed E-state index contributed by atoms with van der Waals surface area (Å²) in [6, 6.07) is 7.35. The highest BCUT2D eigenvalue weighted by Gasteiger charge is 2.20. The van der Waals surface area contributed by atoms with Gasteiger partial charge in [0.05, 0.1) is 17.8 Å². The molecule has 5 nitrogen and oxygen atoms in total. The summed E-state index contributed by atoms with van der Waals surface area (Å²) in [5.41, 5.74) is 1.42. The summed E-state index contributed by atoms with van der Waals surface area (Å²) >= 11 is 5.97. The number of hydrogen-bond acceptors (Lipinski definition) is 4. The maximum atomic E-state index is 10.6. The second-order valence-electron chi connectivity index (χ2n) is 4.43. The number of carbonyl (C=O) groups is 1. The van der Waals surface area contributed by atoms with Crippen molar-refractivity contribution in [1.82, 2.24) is 4.90 Å². The smallest absolute Gasteiger partial charge is 0.317 e. The van der Waals surface area contributed by atoms with Crippen molar-refractivity contribution in [2.45, 2.75) is 0 Å². The van der Waals surface area contributed by atoms with Crippen LogP contribution >= 0.6 is 11.6 Å². The van der Waals surface area contributed by atoms with E-state index >= 15 is 0 Å². The lowest BCUT2D eigenvalue weighted by Gasteiger charge is -2.35. The number of hydrogen-bond donors (Lipinski definition) is 1. The zero-order valence-corrected chi connectivity index (χ0v) is 11.1. The van der Waals surface area contributed by atoms with E-state index in [4.69, 9.17) is 22.0 Å². The van der Waals surface area contributed by atoms with Crippen molar-refractivity contribution in [1.29, 1.82) is 5.26 Å². The van der Waals surface area contributed by atoms with Crippen LogP contribution < -0.4 is 4.90 Å². The molecule has 19 heavy (non-hydrogen) atoms. The Morgan fingerprint density at radius 3 is 2.63 bits per heavy atom. The minimum atomic E-state index is -0.811. The molecule has 0 aliphatic carbocycles. The molecule has 0 aromatic heterocycles. The highest BCUT2D eigenvalue weighted by Crippen LogP contribution is 2.25. The molecule has 0 atom stereocenters. The molecule has 1 N–H and O–H groups in total. The average Bonchev–Trinajstić information content (AvgIpc) is 2.39. The number of nitriles is 1. The van der Waals surface area contributed by atoms with E-state index in [9.17, 15) is 4.79 Å². The number of nitrogens with zero attached hydrogens (tertiary/aromatic N) is 3. The first kappa shape index (κ1) is 13.7. The van der Waals surface area contributed by atoms with E-state index in [0.29, 0.717) is 36.8 Å². The lowest BCUT2D eigenvalue weighted by molar-refractivity contribution is -0.138. The predicted molar refractivity (Wildman–Crippen MR) is 72.5 cm³/mol. The van der Waals surface area contributed by atoms with E-state index in [0.717, 1.165) is 5.69 Å². The molecule has 0 unspecified atom stereocenters. The molecule has 1 aliphatic rings. The van der Waals surface area contributed by atoms with Crippen molar-refractivity contribution in [2.75, 3.05) is 37.6 Å². The van der Waals surface area contributed by atoms with Crippen LogP contribution in [0.25, 0.3) is 0 Å². The predicted octanol–water partition coefficient (Wildman–Crippen LogP) is 1.42. The average molecular weight is 280 g/mol. The highest BCUT2D eigenvalue weighted by atomic mass is 35.5. The summed E-state index contributed by atoms with van der Waals surface area (Å²) in [6.45, 7) is 2.80. The maximum absolute atomic E-state index is 10.6. The lowest BCUT2D eigenvalue weighted by Crippen LogP contribution is -2.48. The van der Waals surface area contributed by atoms with Gasteiger partial charge < -0.3 is 10.0 Å². The van der Waals surface area contributed by atoms with Gasteiger partial charge in [-0.25, -0.2) is 0 Å². The normalized spacial score (nSPS) is 16.1. The number of piperazine rings is 1. The van der Waals surface area contributed by atoms with E-state index < -0.39 is 5.97 Å². The van der Waals surface area contributed by atoms with Crippen LogP contribution in [0.1, 0.15) is 5.56 Å². The van der Waals surface area contributed by atoms with Crippen LogP contribution in [0, 0.1) is 11.3 Å². The Kier molecular flexibility index (Phi) is 4.25. The third-order valence-corrected chi connectivity index (χ3v) is 3.39. The minimum absolute atomic E-state index is 0.0640. The molecule has 1 saturated heterocycles. The van der Waals surface area contributed by atoms with Crippen molar-refractivity contribution in [3.05, 3.63) is 28.8 Å². The Morgan fingerprint density at radius 1 is 1.37 bits per heavy atom. The van der Waals surface area contributed by atoms with Gasteiger partial charge in [-0.1, -0.05) is 11.6 Å². The topological polar surface area (TPSA) is 67.6 Å². The highest BCUT2D eigenvalue weighted by molar-refractivity contribution is 6.30. The van der Waals surface area contributed by atoms with E-state index in [1.807, 2.05) is 4.90 Å². The summed E-state index contributed by atoms with van der Waals surface area (Å²) in [5.74, 6) is -0.811. The Balaban J connectivity index is 2.07. The first-order chi connectivity index (χ1) is 9.10. The summed E-state index contributed by atoms with van der Waals surface area (Å²) in [7, 11) is 0. The summed E-state index contributed by atoms with van der Waals surface area (Å²) in [5, 5.41) is 18.5. The quantitative estimate of drug-likeness (QED) is 0.906. The van der Waals surface area contributed by atoms with Gasteiger partial charge in [0.1, 0.15) is 6.07 Å². The van der Waals surface area contributed by atoms with Gasteiger partial charge in [-0.05, 0) is 18.2 Å². The Bertz CT molecular complexity index is 519. The van der Waals surface area contributed by atoms with Gasteiger partial charge in [0, 0.05) is 31.2 Å². The largest absolute Gasteiger partial charge is 0.480 e. The molecule has 0 spiro atoms. The molecule has 0 radical (unpaired) electrons. The number of halogens is 1. The van der Waals surface area contributed by atoms with Crippen LogP contribution in [-0.4, -0.2) is 48.7 Å². The lowest BCUT2D eigenvalue weighted by atomic mass is 10.1. The molecule has 1 aromatic rings. The van der Waals surface area contributed by atoms with Crippen LogP contribution in [0.2, 0.25) is 5.02 Å². The van der Waals surface area contributed by atoms with Crippen LogP contribution in [0.4, 0.5) is 5.69 Å². The molecular formula is C13H14ClN3O2. The first-order valence-corrected chi connectivity index (χ1v) is 6.36. The number of benzene rings is 1. The molecule has 0 saturated carbocycles. The number of carboxylic acids is 1. The van der Waals surface area contributed by atoms with E-state index in [1.54, 1.807) is 18.2 Å². The van der Waals surface area contributed by atoms with Gasteiger partial charge in [0.15, 0.2) is 0 Å². The van der Waals surface area contributed by atoms with Crippen LogP contribution in [0.5, 0.6) is 0 Å². The van der Waals surface area contributed by atoms with Gasteiger partial charge in [-0.2, -0.15) is 5.26 Å². The zero-order valence-electron chi connectivity index (χ0n) is 10.3. The molecule has 1 aliphatic heterocycles. The molecule has 0 amide bonds. The van der Waals surface area contributed by atoms with Gasteiger partial charge >= 0.3 is 5.97 Å². The Morgan fingerprint density at radius 2 is 2.05 bits per heavy atom. The monoisotopic (exact) mass is 279 g/mol. The fourth-order valence-electron chi connectivity index (χ4n) is 2.20. The molecular weight excluding hydrogens is 266 g/mol. The van der Waals surface area contributed by atoms with Crippen molar-refractivity contribution in [3.63, 3.8) is 0 Å². The van der Waals surface area contributed by atoms with E-state index in [2.05, 4.69) is 11.0 Å². The fraction of sp³-hybridized carbons (Fsp3) is 0.385. The first-order valence-electron chi connectivity index (χ1n) is 5.99. The van der Waals surface area contributed by atoms with Crippen LogP contribution in [0.3, 0.4) is 0 Å². The summed E-state index contributed by atoms with van der Waals surface area (Å²) in [4.78, 5) is 14.6. The SMILES string of the molecule is N#Cc1ccc(Cl)cc1N1CCN(CC(=O)O)CC1. The molecule has 2 rings (SSSR count). The molecule has 6 heteroatoms. The summed E-state index contributed by atoms with van der Waals surface area (Å²) in [6.07, 6.45) is 0. The molecule has 1 aromatic carbocycles. The standard InChI is InChI=1S/C13H14ClN3O2/c14-11-2-1-10(8-15)12(7-11)17-5-3-16(4-6-17)9-13(18)19/h1-2,7H,3-6,9H2,(H,18,19). The number of aliphatic carboxylic acids is 1. The summed E-state index contributed by atoms with van der Waals surface area (Å²) < 4.78 is 0. The second-order valence-corrected chi connectivity index (χ2v) is 4.87. The number of rotatable bonds is 3. The van der Waals surface area contributed by atoms with Gasteiger partial charge in [-0.15, -0.1) is 0 Å². The van der Waals surface area contributed by atoms with Crippen molar-refractivity contribution in [2.24, 2.45) is 0 Å². The maximum Gasteiger partial charge on any atom is 0.317 e. The Hall–Kier alpha value is -1.77. The Labute approximate surface area is 116 Å². The molecule has 100 valence electrons. The van der Waals surface area contributed by atoms with Crippen molar-refractivity contribution >= 4 is 23.3 Å². The number of anilines is 1. The molecule has 1 heterocycles. The zero-order chi connectivity index (χ0) is 13.8. The van der Waals surface area contributed by atoms with E-state index in [1.165, 1.54) is 0 Å². The minimum Gasteiger partial charge on any atom is -0.480 e. The third-order valence-electron chi connectivity index (χ3n) is 3.15. The fourth-order valence-corrected chi connectivity index (χ4v) is 2.37. The van der Waals surface area contributed by atoms with Gasteiger partial charge in [0.2, 0.25) is 0 Å².